The normalized spacial score (nSPS) is 19.8. The zero-order chi connectivity index (χ0) is 20.8. The smallest absolute Gasteiger partial charge is 0.321 e. The molecule has 7 heteroatoms. The van der Waals surface area contributed by atoms with Crippen molar-refractivity contribution in [2.24, 2.45) is 0 Å². The zero-order valence-corrected chi connectivity index (χ0v) is 17.0. The highest BCUT2D eigenvalue weighted by molar-refractivity contribution is 5.89. The number of amides is 2. The van der Waals surface area contributed by atoms with E-state index in [9.17, 15) is 4.79 Å². The van der Waals surface area contributed by atoms with Crippen LogP contribution in [0.1, 0.15) is 18.5 Å². The van der Waals surface area contributed by atoms with Gasteiger partial charge in [0.1, 0.15) is 0 Å². The van der Waals surface area contributed by atoms with E-state index in [0.717, 1.165) is 53.8 Å². The maximum Gasteiger partial charge on any atom is 0.321 e. The fourth-order valence-corrected chi connectivity index (χ4v) is 4.91. The van der Waals surface area contributed by atoms with Crippen LogP contribution in [0, 0.1) is 0 Å². The monoisotopic (exact) mass is 410 g/mol. The lowest BCUT2D eigenvalue weighted by atomic mass is 9.82. The van der Waals surface area contributed by atoms with Crippen LogP contribution in [-0.4, -0.2) is 43.8 Å². The van der Waals surface area contributed by atoms with Crippen molar-refractivity contribution in [1.29, 1.82) is 0 Å². The fourth-order valence-electron chi connectivity index (χ4n) is 4.91. The van der Waals surface area contributed by atoms with Crippen LogP contribution in [0.3, 0.4) is 0 Å². The van der Waals surface area contributed by atoms with Crippen molar-refractivity contribution < 1.29 is 4.79 Å². The summed E-state index contributed by atoms with van der Waals surface area (Å²) in [5, 5.41) is 8.97. The number of aryl methyl sites for hydroxylation is 1. The molecule has 1 unspecified atom stereocenters. The molecule has 1 N–H and O–H groups in total. The Kier molecular flexibility index (Phi) is 4.02. The molecule has 7 nitrogen and oxygen atoms in total. The van der Waals surface area contributed by atoms with Gasteiger partial charge in [-0.25, -0.2) is 4.79 Å². The number of hydrogen-bond acceptors (Lipinski definition) is 4. The van der Waals surface area contributed by atoms with Crippen LogP contribution >= 0.6 is 0 Å². The first kappa shape index (κ1) is 18.1. The van der Waals surface area contributed by atoms with E-state index in [4.69, 9.17) is 5.10 Å². The molecule has 31 heavy (non-hydrogen) atoms. The SMILES string of the molecule is O=C(Nc1ccncc1)N1CCC2(CCn3nc(-c4cnc5ccccc5c4)cc32)C1. The van der Waals surface area contributed by atoms with Crippen LogP contribution in [0.2, 0.25) is 0 Å². The number of benzene rings is 1. The highest BCUT2D eigenvalue weighted by Gasteiger charge is 2.46. The minimum atomic E-state index is -0.0556. The van der Waals surface area contributed by atoms with E-state index in [1.807, 2.05) is 29.3 Å². The summed E-state index contributed by atoms with van der Waals surface area (Å²) in [5.41, 5.74) is 4.94. The Bertz CT molecular complexity index is 1280. The first-order chi connectivity index (χ1) is 15.2. The Morgan fingerprint density at radius 1 is 1.03 bits per heavy atom. The predicted molar refractivity (Wildman–Crippen MR) is 119 cm³/mol. The highest BCUT2D eigenvalue weighted by Crippen LogP contribution is 2.44. The lowest BCUT2D eigenvalue weighted by Crippen LogP contribution is -2.36. The number of para-hydroxylation sites is 1. The van der Waals surface area contributed by atoms with Crippen LogP contribution in [0.5, 0.6) is 0 Å². The van der Waals surface area contributed by atoms with E-state index in [0.29, 0.717) is 6.54 Å². The number of anilines is 1. The molecule has 6 rings (SSSR count). The van der Waals surface area contributed by atoms with Gasteiger partial charge in [-0.2, -0.15) is 5.10 Å². The molecule has 2 aliphatic heterocycles. The lowest BCUT2D eigenvalue weighted by molar-refractivity contribution is 0.219. The summed E-state index contributed by atoms with van der Waals surface area (Å²) in [7, 11) is 0. The Labute approximate surface area is 179 Å². The number of nitrogens with zero attached hydrogens (tertiary/aromatic N) is 5. The molecule has 0 saturated carbocycles. The summed E-state index contributed by atoms with van der Waals surface area (Å²) in [6.07, 6.45) is 7.23. The molecule has 0 bridgehead atoms. The number of hydrogen-bond donors (Lipinski definition) is 1. The van der Waals surface area contributed by atoms with Crippen molar-refractivity contribution in [2.75, 3.05) is 18.4 Å². The second kappa shape index (κ2) is 6.91. The Morgan fingerprint density at radius 3 is 2.77 bits per heavy atom. The highest BCUT2D eigenvalue weighted by atomic mass is 16.2. The molecular weight excluding hydrogens is 388 g/mol. The molecule has 4 aromatic rings. The summed E-state index contributed by atoms with van der Waals surface area (Å²) in [4.78, 5) is 23.3. The van der Waals surface area contributed by atoms with Crippen LogP contribution in [0.15, 0.2) is 67.1 Å². The van der Waals surface area contributed by atoms with E-state index in [1.165, 1.54) is 5.69 Å². The molecule has 3 aromatic heterocycles. The van der Waals surface area contributed by atoms with E-state index < -0.39 is 0 Å². The summed E-state index contributed by atoms with van der Waals surface area (Å²) < 4.78 is 2.12. The van der Waals surface area contributed by atoms with Gasteiger partial charge in [0, 0.05) is 66.0 Å². The summed E-state index contributed by atoms with van der Waals surface area (Å²) in [6, 6.07) is 16.0. The second-order valence-electron chi connectivity index (χ2n) is 8.42. The van der Waals surface area contributed by atoms with Crippen molar-refractivity contribution in [3.63, 3.8) is 0 Å². The van der Waals surface area contributed by atoms with Gasteiger partial charge in [0.25, 0.3) is 0 Å². The molecule has 5 heterocycles. The van der Waals surface area contributed by atoms with Gasteiger partial charge < -0.3 is 10.2 Å². The van der Waals surface area contributed by atoms with Crippen LogP contribution in [-0.2, 0) is 12.0 Å². The van der Waals surface area contributed by atoms with Gasteiger partial charge >= 0.3 is 6.03 Å². The molecule has 1 saturated heterocycles. The molecule has 2 aliphatic rings. The van der Waals surface area contributed by atoms with Gasteiger partial charge in [0.15, 0.2) is 0 Å². The number of urea groups is 1. The molecule has 154 valence electrons. The van der Waals surface area contributed by atoms with E-state index in [1.54, 1.807) is 24.5 Å². The number of nitrogens with one attached hydrogen (secondary N) is 1. The Hall–Kier alpha value is -3.74. The topological polar surface area (TPSA) is 75.9 Å². The number of carbonyl (C=O) groups is 1. The van der Waals surface area contributed by atoms with Crippen molar-refractivity contribution in [3.05, 3.63) is 72.8 Å². The predicted octanol–water partition coefficient (Wildman–Crippen LogP) is 4.07. The fraction of sp³-hybridized carbons (Fsp3) is 0.250. The quantitative estimate of drug-likeness (QED) is 0.540. The molecule has 1 spiro atoms. The number of pyridine rings is 2. The first-order valence-corrected chi connectivity index (χ1v) is 10.6. The molecule has 1 fully saturated rings. The lowest BCUT2D eigenvalue weighted by Gasteiger charge is -2.23. The van der Waals surface area contributed by atoms with Gasteiger partial charge in [-0.1, -0.05) is 18.2 Å². The number of carbonyl (C=O) groups excluding carboxylic acids is 1. The summed E-state index contributed by atoms with van der Waals surface area (Å²) in [6.45, 7) is 2.34. The van der Waals surface area contributed by atoms with Crippen molar-refractivity contribution in [1.82, 2.24) is 24.6 Å². The van der Waals surface area contributed by atoms with Gasteiger partial charge in [0.05, 0.1) is 11.2 Å². The van der Waals surface area contributed by atoms with E-state index in [2.05, 4.69) is 38.2 Å². The van der Waals surface area contributed by atoms with Crippen molar-refractivity contribution in [3.8, 4) is 11.3 Å². The third kappa shape index (κ3) is 3.04. The van der Waals surface area contributed by atoms with Gasteiger partial charge in [-0.05, 0) is 43.2 Å². The number of aromatic nitrogens is 4. The molecule has 0 radical (unpaired) electrons. The van der Waals surface area contributed by atoms with E-state index >= 15 is 0 Å². The minimum Gasteiger partial charge on any atom is -0.324 e. The standard InChI is InChI=1S/C24H22N6O/c31-23(27-19-5-9-25-10-6-19)29-11-7-24(16-29)8-12-30-22(24)14-21(28-30)18-13-17-3-1-2-4-20(17)26-15-18/h1-6,9-10,13-15H,7-8,11-12,16H2,(H,25,27,31). The number of likely N-dealkylation sites (tertiary alicyclic amines) is 1. The molecule has 2 amide bonds. The van der Waals surface area contributed by atoms with Crippen LogP contribution < -0.4 is 5.32 Å². The van der Waals surface area contributed by atoms with Crippen molar-refractivity contribution >= 4 is 22.6 Å². The third-order valence-electron chi connectivity index (χ3n) is 6.58. The number of rotatable bonds is 2. The van der Waals surface area contributed by atoms with Gasteiger partial charge in [-0.15, -0.1) is 0 Å². The Morgan fingerprint density at radius 2 is 1.87 bits per heavy atom. The van der Waals surface area contributed by atoms with Crippen LogP contribution in [0.4, 0.5) is 10.5 Å². The average molecular weight is 410 g/mol. The van der Waals surface area contributed by atoms with Crippen molar-refractivity contribution in [2.45, 2.75) is 24.8 Å². The maximum atomic E-state index is 12.8. The third-order valence-corrected chi connectivity index (χ3v) is 6.58. The molecule has 0 aliphatic carbocycles. The largest absolute Gasteiger partial charge is 0.324 e. The summed E-state index contributed by atoms with van der Waals surface area (Å²) >= 11 is 0. The van der Waals surface area contributed by atoms with Gasteiger partial charge in [-0.3, -0.25) is 14.6 Å². The van der Waals surface area contributed by atoms with Crippen LogP contribution in [0.25, 0.3) is 22.2 Å². The van der Waals surface area contributed by atoms with E-state index in [-0.39, 0.29) is 11.4 Å². The summed E-state index contributed by atoms with van der Waals surface area (Å²) in [5.74, 6) is 0. The Balaban J connectivity index is 1.25. The first-order valence-electron chi connectivity index (χ1n) is 10.6. The maximum absolute atomic E-state index is 12.8. The second-order valence-corrected chi connectivity index (χ2v) is 8.42. The average Bonchev–Trinajstić information content (AvgIpc) is 3.51. The molecule has 1 aromatic carbocycles. The number of fused-ring (bicyclic) bond motifs is 3. The minimum absolute atomic E-state index is 0.0227. The molecular formula is C24H22N6O. The van der Waals surface area contributed by atoms with Gasteiger partial charge in [0.2, 0.25) is 0 Å². The zero-order valence-electron chi connectivity index (χ0n) is 17.0. The molecule has 1 atom stereocenters.